The maximum absolute atomic E-state index is 12.8. The molecule has 0 N–H and O–H groups in total. The smallest absolute Gasteiger partial charge is 0.264 e. The predicted molar refractivity (Wildman–Crippen MR) is 90.6 cm³/mol. The number of nitrogens with zero attached hydrogens (tertiary/aromatic N) is 3. The number of carbonyl (C=O) groups is 1. The van der Waals surface area contributed by atoms with Crippen molar-refractivity contribution in [2.75, 3.05) is 6.54 Å². The summed E-state index contributed by atoms with van der Waals surface area (Å²) in [6, 6.07) is 2.00. The summed E-state index contributed by atoms with van der Waals surface area (Å²) in [5.41, 5.74) is 3.10. The first-order chi connectivity index (χ1) is 11.1. The number of carbonyl (C=O) groups excluding carboxylic acids is 1. The van der Waals surface area contributed by atoms with Gasteiger partial charge in [0, 0.05) is 13.1 Å². The quantitative estimate of drug-likeness (QED) is 0.863. The molecule has 1 aliphatic rings. The Hall–Kier alpha value is -1.66. The Morgan fingerprint density at radius 3 is 2.96 bits per heavy atom. The minimum absolute atomic E-state index is 0.128. The molecule has 0 unspecified atom stereocenters. The van der Waals surface area contributed by atoms with Gasteiger partial charge in [-0.2, -0.15) is 0 Å². The van der Waals surface area contributed by atoms with E-state index in [-0.39, 0.29) is 12.0 Å². The van der Waals surface area contributed by atoms with Gasteiger partial charge in [-0.15, -0.1) is 11.3 Å². The van der Waals surface area contributed by atoms with Gasteiger partial charge >= 0.3 is 0 Å². The largest absolute Gasteiger partial charge is 0.372 e. The zero-order chi connectivity index (χ0) is 16.4. The molecule has 6 heteroatoms. The fourth-order valence-electron chi connectivity index (χ4n) is 2.79. The first-order valence-corrected chi connectivity index (χ1v) is 8.92. The molecule has 0 fully saturated rings. The molecule has 0 aliphatic carbocycles. The second kappa shape index (κ2) is 6.84. The van der Waals surface area contributed by atoms with E-state index in [1.165, 1.54) is 11.3 Å². The fraction of sp³-hybridized carbons (Fsp3) is 0.529. The van der Waals surface area contributed by atoms with Crippen LogP contribution in [0.25, 0.3) is 0 Å². The second-order valence-corrected chi connectivity index (χ2v) is 7.12. The van der Waals surface area contributed by atoms with Crippen molar-refractivity contribution >= 4 is 17.2 Å². The van der Waals surface area contributed by atoms with Crippen LogP contribution >= 0.6 is 11.3 Å². The Morgan fingerprint density at radius 1 is 1.43 bits per heavy atom. The van der Waals surface area contributed by atoms with Crippen LogP contribution in [0.2, 0.25) is 0 Å². The molecule has 0 radical (unpaired) electrons. The van der Waals surface area contributed by atoms with E-state index in [0.29, 0.717) is 13.2 Å². The molecule has 0 saturated heterocycles. The van der Waals surface area contributed by atoms with Gasteiger partial charge in [-0.3, -0.25) is 4.79 Å². The lowest BCUT2D eigenvalue weighted by molar-refractivity contribution is 0.0620. The Labute approximate surface area is 140 Å². The standard InChI is InChI=1S/C17H23N3O2S/c1-12(2)22-10-14-15-9-19(6-4-7-20(15)11-18-14)17(21)16-13(3)5-8-23-16/h5,8,11-12H,4,6-7,9-10H2,1-3H3. The number of aromatic nitrogens is 2. The van der Waals surface area contributed by atoms with Gasteiger partial charge < -0.3 is 14.2 Å². The summed E-state index contributed by atoms with van der Waals surface area (Å²) in [4.78, 5) is 20.1. The normalized spacial score (nSPS) is 14.9. The van der Waals surface area contributed by atoms with Crippen molar-refractivity contribution in [2.45, 2.75) is 53.0 Å². The van der Waals surface area contributed by atoms with Crippen molar-refractivity contribution in [1.82, 2.24) is 14.5 Å². The van der Waals surface area contributed by atoms with Gasteiger partial charge in [-0.25, -0.2) is 4.98 Å². The lowest BCUT2D eigenvalue weighted by Crippen LogP contribution is -2.31. The minimum Gasteiger partial charge on any atom is -0.372 e. The molecule has 1 amide bonds. The molecule has 1 aliphatic heterocycles. The van der Waals surface area contributed by atoms with E-state index in [1.807, 2.05) is 43.4 Å². The van der Waals surface area contributed by atoms with E-state index in [2.05, 4.69) is 9.55 Å². The fourth-order valence-corrected chi connectivity index (χ4v) is 3.68. The van der Waals surface area contributed by atoms with Crippen LogP contribution in [-0.4, -0.2) is 33.0 Å². The predicted octanol–water partition coefficient (Wildman–Crippen LogP) is 3.22. The van der Waals surface area contributed by atoms with E-state index in [9.17, 15) is 4.79 Å². The summed E-state index contributed by atoms with van der Waals surface area (Å²) in [6.45, 7) is 8.81. The summed E-state index contributed by atoms with van der Waals surface area (Å²) in [6.07, 6.45) is 2.99. The third-order valence-corrected chi connectivity index (χ3v) is 5.10. The van der Waals surface area contributed by atoms with Gasteiger partial charge in [0.05, 0.1) is 41.8 Å². The van der Waals surface area contributed by atoms with Gasteiger partial charge in [0.1, 0.15) is 0 Å². The van der Waals surface area contributed by atoms with Crippen molar-refractivity contribution in [3.63, 3.8) is 0 Å². The molecule has 0 saturated carbocycles. The van der Waals surface area contributed by atoms with Crippen LogP contribution in [0.5, 0.6) is 0 Å². The van der Waals surface area contributed by atoms with Gasteiger partial charge in [0.15, 0.2) is 0 Å². The number of fused-ring (bicyclic) bond motifs is 1. The molecular formula is C17H23N3O2S. The van der Waals surface area contributed by atoms with Crippen LogP contribution in [0.3, 0.4) is 0 Å². The van der Waals surface area contributed by atoms with Crippen LogP contribution in [0.4, 0.5) is 0 Å². The lowest BCUT2D eigenvalue weighted by Gasteiger charge is -2.20. The van der Waals surface area contributed by atoms with Crippen molar-refractivity contribution in [2.24, 2.45) is 0 Å². The van der Waals surface area contributed by atoms with Gasteiger partial charge in [-0.05, 0) is 44.2 Å². The number of hydrogen-bond donors (Lipinski definition) is 0. The number of imidazole rings is 1. The number of rotatable bonds is 4. The zero-order valence-electron chi connectivity index (χ0n) is 13.9. The SMILES string of the molecule is Cc1ccsc1C(=O)N1CCCn2cnc(COC(C)C)c2C1. The second-order valence-electron chi connectivity index (χ2n) is 6.20. The average Bonchev–Trinajstić information content (AvgIpc) is 3.04. The molecule has 23 heavy (non-hydrogen) atoms. The monoisotopic (exact) mass is 333 g/mol. The summed E-state index contributed by atoms with van der Waals surface area (Å²) in [5.74, 6) is 0.128. The molecule has 5 nitrogen and oxygen atoms in total. The highest BCUT2D eigenvalue weighted by Crippen LogP contribution is 2.23. The number of ether oxygens (including phenoxy) is 1. The van der Waals surface area contributed by atoms with Crippen molar-refractivity contribution in [3.05, 3.63) is 39.6 Å². The molecule has 0 spiro atoms. The maximum Gasteiger partial charge on any atom is 0.264 e. The van der Waals surface area contributed by atoms with Crippen LogP contribution in [0.15, 0.2) is 17.8 Å². The average molecular weight is 333 g/mol. The van der Waals surface area contributed by atoms with E-state index >= 15 is 0 Å². The molecule has 2 aromatic heterocycles. The molecule has 124 valence electrons. The van der Waals surface area contributed by atoms with Gasteiger partial charge in [0.2, 0.25) is 0 Å². The minimum atomic E-state index is 0.128. The van der Waals surface area contributed by atoms with Gasteiger partial charge in [-0.1, -0.05) is 0 Å². The number of thiophene rings is 1. The van der Waals surface area contributed by atoms with E-state index in [0.717, 1.165) is 41.3 Å². The molecule has 3 heterocycles. The lowest BCUT2D eigenvalue weighted by atomic mass is 10.2. The molecule has 3 rings (SSSR count). The van der Waals surface area contributed by atoms with E-state index < -0.39 is 0 Å². The summed E-state index contributed by atoms with van der Waals surface area (Å²) < 4.78 is 7.86. The highest BCUT2D eigenvalue weighted by molar-refractivity contribution is 7.12. The number of hydrogen-bond acceptors (Lipinski definition) is 4. The highest BCUT2D eigenvalue weighted by Gasteiger charge is 2.24. The summed E-state index contributed by atoms with van der Waals surface area (Å²) in [5, 5.41) is 1.98. The first kappa shape index (κ1) is 16.2. The third-order valence-electron chi connectivity index (χ3n) is 4.10. The summed E-state index contributed by atoms with van der Waals surface area (Å²) in [7, 11) is 0. The van der Waals surface area contributed by atoms with Crippen molar-refractivity contribution in [3.8, 4) is 0 Å². The number of aryl methyl sites for hydroxylation is 2. The molecule has 0 atom stereocenters. The van der Waals surface area contributed by atoms with E-state index in [1.54, 1.807) is 0 Å². The van der Waals surface area contributed by atoms with Crippen LogP contribution in [-0.2, 0) is 24.4 Å². The maximum atomic E-state index is 12.8. The Bertz CT molecular complexity index is 690. The summed E-state index contributed by atoms with van der Waals surface area (Å²) >= 11 is 1.52. The Morgan fingerprint density at radius 2 is 2.26 bits per heavy atom. The number of amides is 1. The van der Waals surface area contributed by atoms with Crippen LogP contribution < -0.4 is 0 Å². The van der Waals surface area contributed by atoms with Crippen molar-refractivity contribution in [1.29, 1.82) is 0 Å². The molecule has 2 aromatic rings. The first-order valence-electron chi connectivity index (χ1n) is 8.04. The van der Waals surface area contributed by atoms with Crippen molar-refractivity contribution < 1.29 is 9.53 Å². The van der Waals surface area contributed by atoms with Crippen LogP contribution in [0, 0.1) is 6.92 Å². The molecule has 0 bridgehead atoms. The third kappa shape index (κ3) is 3.48. The zero-order valence-corrected chi connectivity index (χ0v) is 14.7. The van der Waals surface area contributed by atoms with Gasteiger partial charge in [0.25, 0.3) is 5.91 Å². The highest BCUT2D eigenvalue weighted by atomic mass is 32.1. The topological polar surface area (TPSA) is 47.4 Å². The van der Waals surface area contributed by atoms with Crippen LogP contribution in [0.1, 0.15) is 46.9 Å². The Kier molecular flexibility index (Phi) is 4.82. The Balaban J connectivity index is 1.81. The molecule has 0 aromatic carbocycles. The van der Waals surface area contributed by atoms with E-state index in [4.69, 9.17) is 4.74 Å². The molecular weight excluding hydrogens is 310 g/mol.